The van der Waals surface area contributed by atoms with E-state index in [0.29, 0.717) is 12.2 Å². The molecule has 0 aliphatic carbocycles. The lowest BCUT2D eigenvalue weighted by atomic mass is 10.0. The van der Waals surface area contributed by atoms with Gasteiger partial charge in [-0.1, -0.05) is 0 Å². The van der Waals surface area contributed by atoms with E-state index in [1.54, 1.807) is 17.2 Å². The van der Waals surface area contributed by atoms with Gasteiger partial charge >= 0.3 is 0 Å². The zero-order valence-corrected chi connectivity index (χ0v) is 10.6. The lowest BCUT2D eigenvalue weighted by Crippen LogP contribution is -2.45. The Kier molecular flexibility index (Phi) is 4.15. The van der Waals surface area contributed by atoms with Crippen LogP contribution in [0.4, 0.5) is 5.69 Å². The number of anilines is 1. The van der Waals surface area contributed by atoms with Crippen LogP contribution in [0.15, 0.2) is 18.3 Å². The number of rotatable bonds is 3. The van der Waals surface area contributed by atoms with Crippen LogP contribution in [0.1, 0.15) is 29.8 Å². The van der Waals surface area contributed by atoms with Crippen molar-refractivity contribution in [3.63, 3.8) is 0 Å². The number of likely N-dealkylation sites (tertiary alicyclic amines) is 1. The second-order valence-electron chi connectivity index (χ2n) is 4.51. The van der Waals surface area contributed by atoms with Crippen LogP contribution in [0.2, 0.25) is 0 Å². The SMILES string of the molecule is CNc1ccc(C(=O)N2CCCCC2CO)nc1. The van der Waals surface area contributed by atoms with Crippen LogP contribution in [0.25, 0.3) is 0 Å². The zero-order chi connectivity index (χ0) is 13.0. The molecule has 2 rings (SSSR count). The molecule has 1 aliphatic rings. The van der Waals surface area contributed by atoms with Gasteiger partial charge in [0.25, 0.3) is 5.91 Å². The first-order valence-electron chi connectivity index (χ1n) is 6.32. The molecule has 0 spiro atoms. The van der Waals surface area contributed by atoms with Crippen LogP contribution in [-0.4, -0.2) is 47.1 Å². The maximum atomic E-state index is 12.3. The average molecular weight is 249 g/mol. The Labute approximate surface area is 107 Å². The van der Waals surface area contributed by atoms with Crippen molar-refractivity contribution in [3.8, 4) is 0 Å². The van der Waals surface area contributed by atoms with E-state index in [-0.39, 0.29) is 18.6 Å². The number of aliphatic hydroxyl groups is 1. The molecule has 1 fully saturated rings. The molecule has 1 atom stereocenters. The Balaban J connectivity index is 2.13. The van der Waals surface area contributed by atoms with Gasteiger partial charge in [0, 0.05) is 13.6 Å². The normalized spacial score (nSPS) is 19.7. The Bertz CT molecular complexity index is 405. The Morgan fingerprint density at radius 2 is 2.39 bits per heavy atom. The van der Waals surface area contributed by atoms with E-state index >= 15 is 0 Å². The average Bonchev–Trinajstić information content (AvgIpc) is 2.46. The molecule has 1 unspecified atom stereocenters. The van der Waals surface area contributed by atoms with Crippen molar-refractivity contribution in [1.82, 2.24) is 9.88 Å². The fourth-order valence-electron chi connectivity index (χ4n) is 2.27. The Morgan fingerprint density at radius 1 is 1.56 bits per heavy atom. The van der Waals surface area contributed by atoms with E-state index in [9.17, 15) is 9.90 Å². The Morgan fingerprint density at radius 3 is 3.00 bits per heavy atom. The summed E-state index contributed by atoms with van der Waals surface area (Å²) in [7, 11) is 1.81. The number of aliphatic hydroxyl groups excluding tert-OH is 1. The third-order valence-electron chi connectivity index (χ3n) is 3.37. The first-order chi connectivity index (χ1) is 8.76. The highest BCUT2D eigenvalue weighted by Gasteiger charge is 2.27. The predicted molar refractivity (Wildman–Crippen MR) is 69.5 cm³/mol. The molecule has 0 aromatic carbocycles. The molecule has 2 heterocycles. The second-order valence-corrected chi connectivity index (χ2v) is 4.51. The van der Waals surface area contributed by atoms with Crippen LogP contribution >= 0.6 is 0 Å². The van der Waals surface area contributed by atoms with Crippen LogP contribution < -0.4 is 5.32 Å². The number of hydrogen-bond donors (Lipinski definition) is 2. The molecular weight excluding hydrogens is 230 g/mol. The summed E-state index contributed by atoms with van der Waals surface area (Å²) < 4.78 is 0. The first kappa shape index (κ1) is 12.8. The maximum absolute atomic E-state index is 12.3. The van der Waals surface area contributed by atoms with Gasteiger partial charge in [-0.15, -0.1) is 0 Å². The molecule has 0 saturated carbocycles. The number of nitrogens with zero attached hydrogens (tertiary/aromatic N) is 2. The molecule has 1 aliphatic heterocycles. The van der Waals surface area contributed by atoms with Gasteiger partial charge in [0.15, 0.2) is 0 Å². The number of amides is 1. The van der Waals surface area contributed by atoms with Gasteiger partial charge in [0.1, 0.15) is 5.69 Å². The molecule has 1 aromatic heterocycles. The molecule has 5 nitrogen and oxygen atoms in total. The standard InChI is InChI=1S/C13H19N3O2/c1-14-10-5-6-12(15-8-10)13(18)16-7-3-2-4-11(16)9-17/h5-6,8,11,14,17H,2-4,7,9H2,1H3. The molecule has 0 bridgehead atoms. The largest absolute Gasteiger partial charge is 0.394 e. The molecule has 1 saturated heterocycles. The molecule has 1 amide bonds. The van der Waals surface area contributed by atoms with E-state index in [2.05, 4.69) is 10.3 Å². The topological polar surface area (TPSA) is 65.5 Å². The van der Waals surface area contributed by atoms with Crippen LogP contribution in [0, 0.1) is 0 Å². The summed E-state index contributed by atoms with van der Waals surface area (Å²) in [5.41, 5.74) is 1.32. The van der Waals surface area contributed by atoms with Crippen molar-refractivity contribution in [2.24, 2.45) is 0 Å². The maximum Gasteiger partial charge on any atom is 0.272 e. The number of carbonyl (C=O) groups is 1. The van der Waals surface area contributed by atoms with Crippen LogP contribution in [-0.2, 0) is 0 Å². The van der Waals surface area contributed by atoms with Gasteiger partial charge in [0.2, 0.25) is 0 Å². The van der Waals surface area contributed by atoms with Crippen molar-refractivity contribution < 1.29 is 9.90 Å². The van der Waals surface area contributed by atoms with Gasteiger partial charge in [-0.3, -0.25) is 4.79 Å². The first-order valence-corrected chi connectivity index (χ1v) is 6.32. The second kappa shape index (κ2) is 5.82. The highest BCUT2D eigenvalue weighted by Crippen LogP contribution is 2.19. The number of nitrogens with one attached hydrogen (secondary N) is 1. The predicted octanol–water partition coefficient (Wildman–Crippen LogP) is 1.11. The van der Waals surface area contributed by atoms with Crippen LogP contribution in [0.5, 0.6) is 0 Å². The quantitative estimate of drug-likeness (QED) is 0.842. The third kappa shape index (κ3) is 2.61. The number of hydrogen-bond acceptors (Lipinski definition) is 4. The lowest BCUT2D eigenvalue weighted by Gasteiger charge is -2.34. The summed E-state index contributed by atoms with van der Waals surface area (Å²) >= 11 is 0. The highest BCUT2D eigenvalue weighted by molar-refractivity contribution is 5.92. The summed E-state index contributed by atoms with van der Waals surface area (Å²) in [6, 6.07) is 3.49. The Hall–Kier alpha value is -1.62. The number of carbonyl (C=O) groups excluding carboxylic acids is 1. The van der Waals surface area contributed by atoms with Crippen molar-refractivity contribution in [2.75, 3.05) is 25.5 Å². The van der Waals surface area contributed by atoms with Crippen molar-refractivity contribution in [1.29, 1.82) is 0 Å². The number of pyridine rings is 1. The van der Waals surface area contributed by atoms with Gasteiger partial charge in [0.05, 0.1) is 24.5 Å². The minimum Gasteiger partial charge on any atom is -0.394 e. The lowest BCUT2D eigenvalue weighted by molar-refractivity contribution is 0.0497. The number of piperidine rings is 1. The van der Waals surface area contributed by atoms with E-state index in [1.807, 2.05) is 13.1 Å². The fourth-order valence-corrected chi connectivity index (χ4v) is 2.27. The highest BCUT2D eigenvalue weighted by atomic mass is 16.3. The summed E-state index contributed by atoms with van der Waals surface area (Å²) in [4.78, 5) is 18.2. The third-order valence-corrected chi connectivity index (χ3v) is 3.37. The summed E-state index contributed by atoms with van der Waals surface area (Å²) in [5, 5.41) is 12.3. The van der Waals surface area contributed by atoms with Gasteiger partial charge in [-0.2, -0.15) is 0 Å². The van der Waals surface area contributed by atoms with E-state index in [0.717, 1.165) is 24.9 Å². The molecule has 2 N–H and O–H groups in total. The molecule has 18 heavy (non-hydrogen) atoms. The zero-order valence-electron chi connectivity index (χ0n) is 10.6. The molecule has 0 radical (unpaired) electrons. The molecule has 5 heteroatoms. The van der Waals surface area contributed by atoms with E-state index in [4.69, 9.17) is 0 Å². The summed E-state index contributed by atoms with van der Waals surface area (Å²) in [6.45, 7) is 0.736. The van der Waals surface area contributed by atoms with Gasteiger partial charge in [-0.05, 0) is 31.4 Å². The smallest absolute Gasteiger partial charge is 0.272 e. The number of aromatic nitrogens is 1. The van der Waals surface area contributed by atoms with Crippen LogP contribution in [0.3, 0.4) is 0 Å². The van der Waals surface area contributed by atoms with Crippen molar-refractivity contribution in [3.05, 3.63) is 24.0 Å². The summed E-state index contributed by atoms with van der Waals surface area (Å²) in [5.74, 6) is -0.0867. The fraction of sp³-hybridized carbons (Fsp3) is 0.538. The van der Waals surface area contributed by atoms with E-state index in [1.165, 1.54) is 0 Å². The van der Waals surface area contributed by atoms with E-state index < -0.39 is 0 Å². The van der Waals surface area contributed by atoms with Crippen molar-refractivity contribution in [2.45, 2.75) is 25.3 Å². The van der Waals surface area contributed by atoms with Crippen molar-refractivity contribution >= 4 is 11.6 Å². The van der Waals surface area contributed by atoms with Gasteiger partial charge in [-0.25, -0.2) is 4.98 Å². The monoisotopic (exact) mass is 249 g/mol. The minimum absolute atomic E-state index is 0.0281. The molecular formula is C13H19N3O2. The summed E-state index contributed by atoms with van der Waals surface area (Å²) in [6.07, 6.45) is 4.58. The molecule has 98 valence electrons. The minimum atomic E-state index is -0.0867. The molecule has 1 aromatic rings. The van der Waals surface area contributed by atoms with Gasteiger partial charge < -0.3 is 15.3 Å².